The van der Waals surface area contributed by atoms with Gasteiger partial charge >= 0.3 is 5.97 Å². The third-order valence-corrected chi connectivity index (χ3v) is 2.74. The SMILES string of the molecule is N[C@@]1(C(=O)O)C[C@@H]1c1cc(F)ccc1F. The molecule has 15 heavy (non-hydrogen) atoms. The first-order chi connectivity index (χ1) is 6.95. The maximum absolute atomic E-state index is 13.3. The molecule has 0 spiro atoms. The second-order valence-corrected chi connectivity index (χ2v) is 3.77. The van der Waals surface area contributed by atoms with Gasteiger partial charge in [-0.05, 0) is 30.2 Å². The fourth-order valence-corrected chi connectivity index (χ4v) is 1.68. The van der Waals surface area contributed by atoms with Crippen LogP contribution >= 0.6 is 0 Å². The van der Waals surface area contributed by atoms with Crippen LogP contribution in [0.3, 0.4) is 0 Å². The van der Waals surface area contributed by atoms with Crippen molar-refractivity contribution < 1.29 is 18.7 Å². The summed E-state index contributed by atoms with van der Waals surface area (Å²) < 4.78 is 26.1. The Kier molecular flexibility index (Phi) is 2.01. The van der Waals surface area contributed by atoms with Gasteiger partial charge in [0.1, 0.15) is 17.2 Å². The number of benzene rings is 1. The molecule has 1 aliphatic carbocycles. The maximum Gasteiger partial charge on any atom is 0.324 e. The Bertz CT molecular complexity index is 435. The van der Waals surface area contributed by atoms with Crippen molar-refractivity contribution in [1.29, 1.82) is 0 Å². The van der Waals surface area contributed by atoms with Gasteiger partial charge in [0.25, 0.3) is 0 Å². The van der Waals surface area contributed by atoms with E-state index in [1.165, 1.54) is 0 Å². The van der Waals surface area contributed by atoms with Gasteiger partial charge < -0.3 is 10.8 Å². The molecule has 0 aliphatic heterocycles. The van der Waals surface area contributed by atoms with Crippen LogP contribution in [0.25, 0.3) is 0 Å². The highest BCUT2D eigenvalue weighted by Crippen LogP contribution is 2.50. The van der Waals surface area contributed by atoms with Gasteiger partial charge in [0.05, 0.1) is 0 Å². The van der Waals surface area contributed by atoms with Crippen molar-refractivity contribution in [2.45, 2.75) is 17.9 Å². The number of hydrogen-bond acceptors (Lipinski definition) is 2. The molecule has 1 aromatic carbocycles. The van der Waals surface area contributed by atoms with Crippen LogP contribution in [0.4, 0.5) is 8.78 Å². The monoisotopic (exact) mass is 213 g/mol. The number of nitrogens with two attached hydrogens (primary N) is 1. The summed E-state index contributed by atoms with van der Waals surface area (Å²) in [4.78, 5) is 10.7. The number of carboxylic acids is 1. The van der Waals surface area contributed by atoms with Gasteiger partial charge in [0, 0.05) is 5.92 Å². The highest BCUT2D eigenvalue weighted by atomic mass is 19.1. The molecule has 2 rings (SSSR count). The molecule has 0 radical (unpaired) electrons. The van der Waals surface area contributed by atoms with E-state index in [4.69, 9.17) is 10.8 Å². The van der Waals surface area contributed by atoms with E-state index in [-0.39, 0.29) is 12.0 Å². The fourth-order valence-electron chi connectivity index (χ4n) is 1.68. The summed E-state index contributed by atoms with van der Waals surface area (Å²) in [6.45, 7) is 0. The van der Waals surface area contributed by atoms with Crippen LogP contribution in [0.1, 0.15) is 17.9 Å². The minimum Gasteiger partial charge on any atom is -0.480 e. The maximum atomic E-state index is 13.3. The number of halogens is 2. The molecule has 1 aliphatic rings. The minimum atomic E-state index is -1.44. The van der Waals surface area contributed by atoms with E-state index >= 15 is 0 Å². The minimum absolute atomic E-state index is 0.0416. The lowest BCUT2D eigenvalue weighted by Crippen LogP contribution is -2.34. The Morgan fingerprint density at radius 1 is 1.53 bits per heavy atom. The molecule has 0 bridgehead atoms. The largest absolute Gasteiger partial charge is 0.480 e. The highest BCUT2D eigenvalue weighted by Gasteiger charge is 2.59. The lowest BCUT2D eigenvalue weighted by Gasteiger charge is -2.06. The zero-order chi connectivity index (χ0) is 11.2. The summed E-state index contributed by atoms with van der Waals surface area (Å²) in [5.74, 6) is -3.03. The Hall–Kier alpha value is -1.49. The van der Waals surface area contributed by atoms with Gasteiger partial charge in [-0.1, -0.05) is 0 Å². The molecule has 2 atom stereocenters. The van der Waals surface area contributed by atoms with E-state index in [2.05, 4.69) is 0 Å². The summed E-state index contributed by atoms with van der Waals surface area (Å²) >= 11 is 0. The van der Waals surface area contributed by atoms with Crippen LogP contribution in [0.5, 0.6) is 0 Å². The Morgan fingerprint density at radius 2 is 2.20 bits per heavy atom. The fraction of sp³-hybridized carbons (Fsp3) is 0.300. The van der Waals surface area contributed by atoms with E-state index in [9.17, 15) is 13.6 Å². The Balaban J connectivity index is 2.34. The average Bonchev–Trinajstić information content (AvgIpc) is 2.84. The van der Waals surface area contributed by atoms with Gasteiger partial charge in [0.15, 0.2) is 0 Å². The molecular weight excluding hydrogens is 204 g/mol. The Labute approximate surface area is 84.5 Å². The van der Waals surface area contributed by atoms with Crippen LogP contribution in [0.15, 0.2) is 18.2 Å². The first-order valence-corrected chi connectivity index (χ1v) is 4.42. The second kappa shape index (κ2) is 3.00. The number of aliphatic carboxylic acids is 1. The van der Waals surface area contributed by atoms with Crippen molar-refractivity contribution in [2.75, 3.05) is 0 Å². The van der Waals surface area contributed by atoms with Gasteiger partial charge in [-0.15, -0.1) is 0 Å². The van der Waals surface area contributed by atoms with E-state index in [1.54, 1.807) is 0 Å². The van der Waals surface area contributed by atoms with E-state index in [0.717, 1.165) is 18.2 Å². The summed E-state index contributed by atoms with van der Waals surface area (Å²) in [5.41, 5.74) is 4.10. The summed E-state index contributed by atoms with van der Waals surface area (Å²) in [5, 5.41) is 8.76. The number of rotatable bonds is 2. The van der Waals surface area contributed by atoms with Gasteiger partial charge in [0.2, 0.25) is 0 Å². The van der Waals surface area contributed by atoms with Crippen molar-refractivity contribution in [3.63, 3.8) is 0 Å². The number of carboxylic acid groups (broad SMARTS) is 1. The third-order valence-electron chi connectivity index (χ3n) is 2.74. The summed E-state index contributed by atoms with van der Waals surface area (Å²) in [6.07, 6.45) is 0.142. The van der Waals surface area contributed by atoms with Crippen molar-refractivity contribution in [2.24, 2.45) is 5.73 Å². The molecule has 3 N–H and O–H groups in total. The highest BCUT2D eigenvalue weighted by molar-refractivity contribution is 5.84. The number of carbonyl (C=O) groups is 1. The normalized spacial score (nSPS) is 28.9. The predicted molar refractivity (Wildman–Crippen MR) is 48.3 cm³/mol. The number of hydrogen-bond donors (Lipinski definition) is 2. The smallest absolute Gasteiger partial charge is 0.324 e. The molecule has 5 heteroatoms. The van der Waals surface area contributed by atoms with Gasteiger partial charge in [-0.3, -0.25) is 4.79 Å². The van der Waals surface area contributed by atoms with Crippen LogP contribution in [-0.4, -0.2) is 16.6 Å². The van der Waals surface area contributed by atoms with Crippen molar-refractivity contribution >= 4 is 5.97 Å². The standard InChI is InChI=1S/C10H9F2NO2/c11-5-1-2-8(12)6(3-5)7-4-10(7,13)9(14)15/h1-3,7H,4,13H2,(H,14,15)/t7-,10+/m1/s1. The lowest BCUT2D eigenvalue weighted by atomic mass is 10.1. The third kappa shape index (κ3) is 1.48. The second-order valence-electron chi connectivity index (χ2n) is 3.77. The van der Waals surface area contributed by atoms with Crippen molar-refractivity contribution in [3.05, 3.63) is 35.4 Å². The quantitative estimate of drug-likeness (QED) is 0.776. The molecule has 1 saturated carbocycles. The zero-order valence-corrected chi connectivity index (χ0v) is 7.71. The molecule has 0 aromatic heterocycles. The van der Waals surface area contributed by atoms with Gasteiger partial charge in [-0.2, -0.15) is 0 Å². The van der Waals surface area contributed by atoms with Crippen LogP contribution in [0, 0.1) is 11.6 Å². The van der Waals surface area contributed by atoms with E-state index in [0.29, 0.717) is 0 Å². The first-order valence-electron chi connectivity index (χ1n) is 4.42. The van der Waals surface area contributed by atoms with Crippen molar-refractivity contribution in [1.82, 2.24) is 0 Å². The van der Waals surface area contributed by atoms with Gasteiger partial charge in [-0.25, -0.2) is 8.78 Å². The van der Waals surface area contributed by atoms with Crippen LogP contribution in [0.2, 0.25) is 0 Å². The molecule has 0 heterocycles. The molecule has 1 fully saturated rings. The average molecular weight is 213 g/mol. The molecule has 1 aromatic rings. The molecule has 0 saturated heterocycles. The topological polar surface area (TPSA) is 63.3 Å². The van der Waals surface area contributed by atoms with Crippen molar-refractivity contribution in [3.8, 4) is 0 Å². The Morgan fingerprint density at radius 3 is 2.73 bits per heavy atom. The van der Waals surface area contributed by atoms with E-state index < -0.39 is 29.1 Å². The lowest BCUT2D eigenvalue weighted by molar-refractivity contribution is -0.139. The molecular formula is C10H9F2NO2. The molecule has 0 amide bonds. The predicted octanol–water partition coefficient (Wildman–Crippen LogP) is 1.23. The molecule has 3 nitrogen and oxygen atoms in total. The summed E-state index contributed by atoms with van der Waals surface area (Å²) in [7, 11) is 0. The molecule has 80 valence electrons. The molecule has 0 unspecified atom stereocenters. The van der Waals surface area contributed by atoms with Crippen LogP contribution in [-0.2, 0) is 4.79 Å². The summed E-state index contributed by atoms with van der Waals surface area (Å²) in [6, 6.07) is 2.96. The zero-order valence-electron chi connectivity index (χ0n) is 7.71. The van der Waals surface area contributed by atoms with Crippen LogP contribution < -0.4 is 5.73 Å². The van der Waals surface area contributed by atoms with E-state index in [1.807, 2.05) is 0 Å². The first kappa shape index (κ1) is 10.0.